The Morgan fingerprint density at radius 3 is 0.760 bits per heavy atom. The van der Waals surface area contributed by atoms with Crippen molar-refractivity contribution < 1.29 is 0 Å². The smallest absolute Gasteiger partial charge is 0.0383 e. The van der Waals surface area contributed by atoms with Crippen LogP contribution in [-0.2, 0) is 0 Å². The zero-order valence-corrected chi connectivity index (χ0v) is 40.3. The van der Waals surface area contributed by atoms with Crippen LogP contribution in [0.25, 0.3) is 0 Å². The maximum atomic E-state index is 3.56. The first-order valence-electron chi connectivity index (χ1n) is 19.6. The van der Waals surface area contributed by atoms with Gasteiger partial charge in [0.05, 0.1) is 0 Å². The maximum Gasteiger partial charge on any atom is -0.0383 e. The molecule has 0 spiro atoms. The fourth-order valence-corrected chi connectivity index (χ4v) is 2.53. The van der Waals surface area contributed by atoms with Crippen LogP contribution in [0.15, 0.2) is 85.5 Å². The lowest BCUT2D eigenvalue weighted by Crippen LogP contribution is -2.02. The van der Waals surface area contributed by atoms with Crippen LogP contribution in [0.1, 0.15) is 192 Å². The highest BCUT2D eigenvalue weighted by atomic mass is 14.1. The average Bonchev–Trinajstić information content (AvgIpc) is 3.02. The van der Waals surface area contributed by atoms with Gasteiger partial charge in [0.2, 0.25) is 0 Å². The topological polar surface area (TPSA) is 0 Å². The van der Waals surface area contributed by atoms with E-state index in [1.165, 1.54) is 62.9 Å². The first-order chi connectivity index (χ1) is 23.1. The first kappa shape index (κ1) is 73.0. The van der Waals surface area contributed by atoms with E-state index >= 15 is 0 Å². The summed E-state index contributed by atoms with van der Waals surface area (Å²) in [5.74, 6) is 0. The molecule has 0 aliphatic heterocycles. The Morgan fingerprint density at radius 2 is 0.680 bits per heavy atom. The summed E-state index contributed by atoms with van der Waals surface area (Å²) in [6.07, 6.45) is 4.40. The van der Waals surface area contributed by atoms with E-state index in [4.69, 9.17) is 0 Å². The molecular formula is C50H100. The van der Waals surface area contributed by atoms with Crippen LogP contribution < -0.4 is 0 Å². The van der Waals surface area contributed by atoms with Crippen LogP contribution in [0.5, 0.6) is 0 Å². The highest BCUT2D eigenvalue weighted by Gasteiger charge is 2.06. The van der Waals surface area contributed by atoms with Crippen LogP contribution in [0.3, 0.4) is 0 Å². The molecule has 0 amide bonds. The highest BCUT2D eigenvalue weighted by molar-refractivity contribution is 5.29. The molecule has 0 fully saturated rings. The van der Waals surface area contributed by atoms with Crippen LogP contribution in [0.2, 0.25) is 0 Å². The number of allylic oxidation sites excluding steroid dienone is 4. The molecule has 0 aliphatic carbocycles. The van der Waals surface area contributed by atoms with Gasteiger partial charge in [0.15, 0.2) is 0 Å². The van der Waals surface area contributed by atoms with E-state index in [-0.39, 0.29) is 0 Å². The number of rotatable bonds is 1. The van der Waals surface area contributed by atoms with Crippen molar-refractivity contribution in [2.24, 2.45) is 5.41 Å². The van der Waals surface area contributed by atoms with E-state index in [9.17, 15) is 0 Å². The zero-order valence-electron chi connectivity index (χ0n) is 40.3. The van der Waals surface area contributed by atoms with E-state index in [0.717, 1.165) is 0 Å². The van der Waals surface area contributed by atoms with Gasteiger partial charge in [-0.3, -0.25) is 0 Å². The van der Waals surface area contributed by atoms with Gasteiger partial charge in [-0.05, 0) is 124 Å². The molecule has 2 rings (SSSR count). The quantitative estimate of drug-likeness (QED) is 0.260. The van der Waals surface area contributed by atoms with Gasteiger partial charge in [-0.25, -0.2) is 0 Å². The van der Waals surface area contributed by atoms with Crippen LogP contribution in [-0.4, -0.2) is 0 Å². The molecule has 0 heterocycles. The molecule has 0 saturated heterocycles. The Morgan fingerprint density at radius 1 is 0.500 bits per heavy atom. The lowest BCUT2D eigenvalue weighted by molar-refractivity contribution is 0.373. The predicted molar refractivity (Wildman–Crippen MR) is 250 cm³/mol. The molecule has 2 aromatic rings. The summed E-state index contributed by atoms with van der Waals surface area (Å²) in [6, 6.07) is 13.0. The second kappa shape index (κ2) is 61.6. The molecule has 0 aliphatic rings. The van der Waals surface area contributed by atoms with Crippen molar-refractivity contribution in [2.45, 2.75) is 200 Å². The average molecular weight is 701 g/mol. The first-order valence-corrected chi connectivity index (χ1v) is 19.6. The Kier molecular flexibility index (Phi) is 89.9. The third-order valence-electron chi connectivity index (χ3n) is 4.32. The molecule has 0 unspecified atom stereocenters. The molecule has 0 saturated carbocycles. The van der Waals surface area contributed by atoms with Gasteiger partial charge < -0.3 is 0 Å². The lowest BCUT2D eigenvalue weighted by Gasteiger charge is -2.15. The fraction of sp³-hybridized carbons (Fsp3) is 0.600. The summed E-state index contributed by atoms with van der Waals surface area (Å²) < 4.78 is 0. The third kappa shape index (κ3) is 119. The monoisotopic (exact) mass is 701 g/mol. The van der Waals surface area contributed by atoms with Gasteiger partial charge in [0.25, 0.3) is 0 Å². The van der Waals surface area contributed by atoms with Gasteiger partial charge in [0.1, 0.15) is 0 Å². The summed E-state index contributed by atoms with van der Waals surface area (Å²) in [5.41, 5.74) is 12.3. The van der Waals surface area contributed by atoms with E-state index in [2.05, 4.69) is 132 Å². The van der Waals surface area contributed by atoms with Crippen LogP contribution >= 0.6 is 0 Å². The summed E-state index contributed by atoms with van der Waals surface area (Å²) in [4.78, 5) is 0. The molecule has 0 N–H and O–H groups in total. The third-order valence-corrected chi connectivity index (χ3v) is 4.32. The molecule has 0 radical (unpaired) electrons. The van der Waals surface area contributed by atoms with E-state index in [1.807, 2.05) is 118 Å². The van der Waals surface area contributed by atoms with Crippen molar-refractivity contribution in [1.29, 1.82) is 0 Å². The maximum absolute atomic E-state index is 3.56. The second-order valence-corrected chi connectivity index (χ2v) is 12.5. The van der Waals surface area contributed by atoms with Crippen LogP contribution in [0.4, 0.5) is 0 Å². The SMILES string of the molecule is C=C(C)C.C=C(C)C.C=C(C)C.C=CC.CC.CC.CC.CC.CC.CCCC(C)(C)C.Cc1ccc(C)c(C)c1.Cc1ccc(C)c(C)c1. The molecule has 0 atom stereocenters. The largest absolute Gasteiger partial charge is 0.103 e. The number of benzene rings is 2. The predicted octanol–water partition coefficient (Wildman–Crippen LogP) is 19.1. The summed E-state index contributed by atoms with van der Waals surface area (Å²) >= 11 is 0. The van der Waals surface area contributed by atoms with Crippen molar-refractivity contribution in [1.82, 2.24) is 0 Å². The Bertz CT molecular complexity index is 839. The summed E-state index contributed by atoms with van der Waals surface area (Å²) in [5, 5.41) is 0. The van der Waals surface area contributed by atoms with Gasteiger partial charge in [0, 0.05) is 0 Å². The molecular weight excluding hydrogens is 601 g/mol. The number of aryl methyl sites for hydroxylation is 6. The normalized spacial score (nSPS) is 7.58. The van der Waals surface area contributed by atoms with Gasteiger partial charge in [-0.2, -0.15) is 0 Å². The van der Waals surface area contributed by atoms with Crippen LogP contribution in [0, 0.1) is 47.0 Å². The summed E-state index contributed by atoms with van der Waals surface area (Å²) in [7, 11) is 0. The van der Waals surface area contributed by atoms with Crippen molar-refractivity contribution >= 4 is 0 Å². The van der Waals surface area contributed by atoms with E-state index in [0.29, 0.717) is 5.41 Å². The number of hydrogen-bond donors (Lipinski definition) is 0. The minimum Gasteiger partial charge on any atom is -0.103 e. The Labute approximate surface area is 323 Å². The summed E-state index contributed by atoms with van der Waals surface area (Å²) in [6.45, 7) is 69.6. The van der Waals surface area contributed by atoms with E-state index in [1.54, 1.807) is 6.08 Å². The van der Waals surface area contributed by atoms with E-state index < -0.39 is 0 Å². The molecule has 0 heteroatoms. The molecule has 0 aromatic heterocycles. The van der Waals surface area contributed by atoms with Gasteiger partial charge >= 0.3 is 0 Å². The minimum atomic E-state index is 0.550. The fourth-order valence-electron chi connectivity index (χ4n) is 2.53. The van der Waals surface area contributed by atoms with Gasteiger partial charge in [-0.15, -0.1) is 26.3 Å². The Hall–Kier alpha value is -2.60. The molecule has 50 heavy (non-hydrogen) atoms. The van der Waals surface area contributed by atoms with Crippen molar-refractivity contribution in [3.05, 3.63) is 119 Å². The molecule has 0 bridgehead atoms. The number of hydrogen-bond acceptors (Lipinski definition) is 0. The van der Waals surface area contributed by atoms with Crippen molar-refractivity contribution in [3.63, 3.8) is 0 Å². The second-order valence-electron chi connectivity index (χ2n) is 12.5. The zero-order chi connectivity index (χ0) is 43.1. The molecule has 0 nitrogen and oxygen atoms in total. The standard InChI is InChI=1S/2C9H12.C7H16.3C4H8.C3H6.5C2H6/c2*1-7-4-5-8(2)9(3)6-7;1-5-6-7(2,3)4;3*1-4(2)3;1-3-2;5*1-2/h2*4-6H,1-3H3;5-6H2,1-4H3;3*1H2,2-3H3;3H,1H2,2H3;5*1-2H3. The van der Waals surface area contributed by atoms with Gasteiger partial charge in [-0.1, -0.05) is 174 Å². The molecule has 300 valence electrons. The van der Waals surface area contributed by atoms with Crippen molar-refractivity contribution in [3.8, 4) is 0 Å². The lowest BCUT2D eigenvalue weighted by atomic mass is 9.91. The Balaban J connectivity index is -0.0000000460. The minimum absolute atomic E-state index is 0.550. The van der Waals surface area contributed by atoms with Crippen molar-refractivity contribution in [2.75, 3.05) is 0 Å². The molecule has 2 aromatic carbocycles. The highest BCUT2D eigenvalue weighted by Crippen LogP contribution is 2.19.